The molecule has 0 amide bonds. The Bertz CT molecular complexity index is 3550. The number of nitrogens with two attached hydrogens (primary N) is 1. The Morgan fingerprint density at radius 3 is 1.54 bits per heavy atom. The van der Waals surface area contributed by atoms with Crippen LogP contribution >= 0.6 is 43.5 Å². The molecular formula is C54H39Br2ClF4N8O2. The van der Waals surface area contributed by atoms with Crippen molar-refractivity contribution in [3.8, 4) is 56.8 Å². The predicted octanol–water partition coefficient (Wildman–Crippen LogP) is 15.1. The number of hydrogen-bond acceptors (Lipinski definition) is 10. The quantitative estimate of drug-likeness (QED) is 0.142. The lowest BCUT2D eigenvalue weighted by Crippen LogP contribution is -2.04. The fraction of sp³-hybridized carbons (Fsp3) is 0.0741. The molecule has 0 atom stereocenters. The minimum Gasteiger partial charge on any atom is -0.497 e. The number of halogens is 7. The van der Waals surface area contributed by atoms with Gasteiger partial charge in [-0.25, -0.2) is 27.5 Å². The van der Waals surface area contributed by atoms with Crippen LogP contribution < -0.4 is 20.5 Å². The molecule has 10 rings (SSSR count). The molecule has 71 heavy (non-hydrogen) atoms. The fourth-order valence-corrected chi connectivity index (χ4v) is 8.48. The highest BCUT2D eigenvalue weighted by molar-refractivity contribution is 9.10. The number of nitrogens with one attached hydrogen (secondary N) is 1. The minimum absolute atomic E-state index is 0.130. The van der Waals surface area contributed by atoms with E-state index in [-0.39, 0.29) is 26.8 Å². The van der Waals surface area contributed by atoms with Crippen LogP contribution in [0.1, 0.15) is 11.1 Å². The third kappa shape index (κ3) is 11.3. The molecule has 0 bridgehead atoms. The normalized spacial score (nSPS) is 10.8. The van der Waals surface area contributed by atoms with Crippen molar-refractivity contribution in [2.75, 3.05) is 25.3 Å². The minimum atomic E-state index is -0.715. The van der Waals surface area contributed by atoms with Gasteiger partial charge in [-0.3, -0.25) is 19.9 Å². The van der Waals surface area contributed by atoms with Crippen LogP contribution in [0, 0.1) is 37.1 Å². The smallest absolute Gasteiger partial charge is 0.137 e. The van der Waals surface area contributed by atoms with E-state index < -0.39 is 23.3 Å². The van der Waals surface area contributed by atoms with Gasteiger partial charge in [0.25, 0.3) is 0 Å². The second-order valence-corrected chi connectivity index (χ2v) is 17.8. The molecule has 10 aromatic rings. The van der Waals surface area contributed by atoms with E-state index in [1.54, 1.807) is 64.1 Å². The zero-order valence-electron chi connectivity index (χ0n) is 38.1. The standard InChI is InChI=1S/C27H19BrF2N4O.C15H9ClF2N2.C12H11BrN2O/c1-15-25(21-5-3-4-10-31-21)33-22-13-18(29)12-20(30)24(22)26(15)34-23-11-17(28)14-32-27(23)16-6-8-19(35-2)9-7-16;1-8-14(16)13-10(18)6-9(17)7-12(13)20-15(8)11-4-2-3-5-19-11;1-16-10-4-2-8(3-5-10)12-11(14)6-9(13)7-15-12/h3-14H,1-2H3,(H,33,34);2-7H,1H3;2-7H,14H2,1H3. The summed E-state index contributed by atoms with van der Waals surface area (Å²) >= 11 is 13.0. The monoisotopic (exact) mass is 1100 g/mol. The molecule has 17 heteroatoms. The highest BCUT2D eigenvalue weighted by Gasteiger charge is 2.21. The number of hydrogen-bond donors (Lipinski definition) is 2. The van der Waals surface area contributed by atoms with Gasteiger partial charge in [-0.2, -0.15) is 0 Å². The van der Waals surface area contributed by atoms with E-state index >= 15 is 4.39 Å². The van der Waals surface area contributed by atoms with Gasteiger partial charge in [0.2, 0.25) is 0 Å². The average Bonchev–Trinajstić information content (AvgIpc) is 3.36. The summed E-state index contributed by atoms with van der Waals surface area (Å²) < 4.78 is 68.4. The lowest BCUT2D eigenvalue weighted by atomic mass is 10.0. The molecule has 0 aliphatic carbocycles. The van der Waals surface area contributed by atoms with Crippen LogP contribution in [0.5, 0.6) is 11.5 Å². The van der Waals surface area contributed by atoms with E-state index in [0.29, 0.717) is 56.7 Å². The number of fused-ring (bicyclic) bond motifs is 2. The van der Waals surface area contributed by atoms with Crippen LogP contribution in [0.15, 0.2) is 155 Å². The zero-order valence-corrected chi connectivity index (χ0v) is 42.0. The molecular weight excluding hydrogens is 1060 g/mol. The van der Waals surface area contributed by atoms with Gasteiger partial charge in [0.1, 0.15) is 34.8 Å². The zero-order chi connectivity index (χ0) is 50.3. The summed E-state index contributed by atoms with van der Waals surface area (Å²) in [6, 6.07) is 33.7. The first-order chi connectivity index (χ1) is 34.2. The molecule has 0 saturated heterocycles. The van der Waals surface area contributed by atoms with Crippen molar-refractivity contribution in [1.82, 2.24) is 29.9 Å². The fourth-order valence-electron chi connectivity index (χ4n) is 7.52. The van der Waals surface area contributed by atoms with Gasteiger partial charge in [0.15, 0.2) is 0 Å². The van der Waals surface area contributed by atoms with Crippen LogP contribution in [-0.2, 0) is 0 Å². The summed E-state index contributed by atoms with van der Waals surface area (Å²) in [5.74, 6) is -1.27. The highest BCUT2D eigenvalue weighted by Crippen LogP contribution is 2.40. The maximum Gasteiger partial charge on any atom is 0.137 e. The first-order valence-corrected chi connectivity index (χ1v) is 23.4. The largest absolute Gasteiger partial charge is 0.497 e. The van der Waals surface area contributed by atoms with Gasteiger partial charge in [-0.05, 0) is 136 Å². The molecule has 0 spiro atoms. The lowest BCUT2D eigenvalue weighted by molar-refractivity contribution is 0.415. The van der Waals surface area contributed by atoms with Crippen molar-refractivity contribution in [2.45, 2.75) is 13.8 Å². The highest BCUT2D eigenvalue weighted by atomic mass is 79.9. The molecule has 0 fully saturated rings. The number of pyridine rings is 6. The molecule has 356 valence electrons. The van der Waals surface area contributed by atoms with Gasteiger partial charge in [-0.1, -0.05) is 23.7 Å². The molecule has 6 aromatic heterocycles. The van der Waals surface area contributed by atoms with E-state index in [0.717, 1.165) is 55.5 Å². The van der Waals surface area contributed by atoms with Crippen LogP contribution in [0.4, 0.5) is 34.6 Å². The molecule has 0 aliphatic heterocycles. The third-order valence-corrected chi connectivity index (χ3v) is 12.3. The average molecular weight is 1100 g/mol. The molecule has 0 saturated carbocycles. The van der Waals surface area contributed by atoms with Crippen LogP contribution in [0.3, 0.4) is 0 Å². The number of ether oxygens (including phenoxy) is 2. The van der Waals surface area contributed by atoms with Crippen LogP contribution in [0.2, 0.25) is 5.02 Å². The molecule has 4 aromatic carbocycles. The van der Waals surface area contributed by atoms with Crippen molar-refractivity contribution in [3.63, 3.8) is 0 Å². The number of anilines is 3. The molecule has 0 radical (unpaired) electrons. The van der Waals surface area contributed by atoms with Gasteiger partial charge in [0.05, 0.1) is 92.3 Å². The Morgan fingerprint density at radius 2 is 1.03 bits per heavy atom. The van der Waals surface area contributed by atoms with E-state index in [1.165, 1.54) is 6.07 Å². The second kappa shape index (κ2) is 22.0. The Morgan fingerprint density at radius 1 is 0.549 bits per heavy atom. The number of aromatic nitrogens is 6. The van der Waals surface area contributed by atoms with Gasteiger partial charge < -0.3 is 20.5 Å². The first-order valence-electron chi connectivity index (χ1n) is 21.4. The Hall–Kier alpha value is -7.53. The van der Waals surface area contributed by atoms with E-state index in [4.69, 9.17) is 26.8 Å². The van der Waals surface area contributed by atoms with E-state index in [9.17, 15) is 13.2 Å². The summed E-state index contributed by atoms with van der Waals surface area (Å²) in [4.78, 5) is 26.3. The molecule has 0 aliphatic rings. The second-order valence-electron chi connectivity index (χ2n) is 15.6. The maximum atomic E-state index is 15.1. The molecule has 3 N–H and O–H groups in total. The topological polar surface area (TPSA) is 134 Å². The number of nitrogen functional groups attached to an aromatic ring is 1. The SMILES string of the molecule is COc1ccc(-c2ncc(Br)cc2N)cc1.COc1ccc(-c2ncc(Br)cc2Nc2c(C)c(-c3ccccn3)nc3cc(F)cc(F)c23)cc1.Cc1c(-c2ccccn2)nc2cc(F)cc(F)c2c1Cl. The predicted molar refractivity (Wildman–Crippen MR) is 280 cm³/mol. The number of nitrogens with zero attached hydrogens (tertiary/aromatic N) is 6. The molecule has 6 heterocycles. The Labute approximate surface area is 427 Å². The Balaban J connectivity index is 0.000000158. The van der Waals surface area contributed by atoms with Gasteiger partial charge >= 0.3 is 0 Å². The number of benzene rings is 4. The van der Waals surface area contributed by atoms with Crippen molar-refractivity contribution in [2.24, 2.45) is 0 Å². The van der Waals surface area contributed by atoms with E-state index in [2.05, 4.69) is 67.1 Å². The van der Waals surface area contributed by atoms with Gasteiger partial charge in [-0.15, -0.1) is 0 Å². The summed E-state index contributed by atoms with van der Waals surface area (Å²) in [5.41, 5.74) is 14.8. The Kier molecular flexibility index (Phi) is 15.5. The van der Waals surface area contributed by atoms with Gasteiger partial charge in [0, 0.05) is 74.7 Å². The van der Waals surface area contributed by atoms with Crippen LogP contribution in [-0.4, -0.2) is 44.1 Å². The number of methoxy groups -OCH3 is 2. The van der Waals surface area contributed by atoms with Crippen LogP contribution in [0.25, 0.3) is 67.1 Å². The number of rotatable bonds is 8. The molecule has 10 nitrogen and oxygen atoms in total. The maximum absolute atomic E-state index is 15.1. The van der Waals surface area contributed by atoms with Crippen molar-refractivity contribution in [3.05, 3.63) is 194 Å². The summed E-state index contributed by atoms with van der Waals surface area (Å²) in [5, 5.41) is 3.91. The summed E-state index contributed by atoms with van der Waals surface area (Å²) in [6.07, 6.45) is 6.70. The molecule has 0 unspecified atom stereocenters. The third-order valence-electron chi connectivity index (χ3n) is 11.0. The van der Waals surface area contributed by atoms with E-state index in [1.807, 2.05) is 85.8 Å². The lowest BCUT2D eigenvalue weighted by Gasteiger charge is -2.18. The summed E-state index contributed by atoms with van der Waals surface area (Å²) in [7, 11) is 3.25. The van der Waals surface area contributed by atoms with Crippen molar-refractivity contribution < 1.29 is 27.0 Å². The van der Waals surface area contributed by atoms with Crippen molar-refractivity contribution >= 4 is 82.3 Å². The summed E-state index contributed by atoms with van der Waals surface area (Å²) in [6.45, 7) is 3.57. The van der Waals surface area contributed by atoms with Crippen molar-refractivity contribution in [1.29, 1.82) is 0 Å². The first kappa shape index (κ1) is 49.9.